The topological polar surface area (TPSA) is 59.3 Å². The number of rotatable bonds is 5. The number of hydrogen-bond acceptors (Lipinski definition) is 4. The van der Waals surface area contributed by atoms with Crippen LogP contribution in [0.2, 0.25) is 0 Å². The molecular formula is C13H15NO3. The second kappa shape index (κ2) is 5.90. The molecule has 1 unspecified atom stereocenters. The number of methoxy groups -OCH3 is 1. The molecule has 0 radical (unpaired) electrons. The van der Waals surface area contributed by atoms with E-state index in [2.05, 4.69) is 0 Å². The van der Waals surface area contributed by atoms with E-state index in [0.717, 1.165) is 0 Å². The minimum absolute atomic E-state index is 0.101. The van der Waals surface area contributed by atoms with Crippen molar-refractivity contribution in [2.45, 2.75) is 26.4 Å². The fourth-order valence-electron chi connectivity index (χ4n) is 1.37. The summed E-state index contributed by atoms with van der Waals surface area (Å²) in [5.74, 6) is 0.887. The average Bonchev–Trinajstić information content (AvgIpc) is 2.35. The van der Waals surface area contributed by atoms with E-state index in [-0.39, 0.29) is 5.78 Å². The third kappa shape index (κ3) is 3.22. The molecule has 0 aliphatic carbocycles. The van der Waals surface area contributed by atoms with Gasteiger partial charge in [-0.2, -0.15) is 5.26 Å². The van der Waals surface area contributed by atoms with E-state index in [1.807, 2.05) is 13.0 Å². The normalized spacial score (nSPS) is 11.4. The van der Waals surface area contributed by atoms with Crippen LogP contribution in [0, 0.1) is 11.3 Å². The highest BCUT2D eigenvalue weighted by atomic mass is 16.5. The number of ether oxygens (including phenoxy) is 2. The van der Waals surface area contributed by atoms with Crippen LogP contribution in [-0.4, -0.2) is 19.0 Å². The lowest BCUT2D eigenvalue weighted by atomic mass is 10.1. The van der Waals surface area contributed by atoms with Crippen LogP contribution in [-0.2, 0) is 0 Å². The van der Waals surface area contributed by atoms with Crippen molar-refractivity contribution in [3.05, 3.63) is 23.8 Å². The Morgan fingerprint density at radius 3 is 2.71 bits per heavy atom. The third-order valence-electron chi connectivity index (χ3n) is 2.35. The largest absolute Gasteiger partial charge is 0.497 e. The molecule has 0 aliphatic rings. The van der Waals surface area contributed by atoms with Crippen molar-refractivity contribution in [2.24, 2.45) is 0 Å². The van der Waals surface area contributed by atoms with Crippen LogP contribution in [0.4, 0.5) is 0 Å². The quantitative estimate of drug-likeness (QED) is 0.733. The highest BCUT2D eigenvalue weighted by Gasteiger charge is 2.14. The summed E-state index contributed by atoms with van der Waals surface area (Å²) in [6.45, 7) is 3.31. The summed E-state index contributed by atoms with van der Waals surface area (Å²) < 4.78 is 10.6. The molecule has 1 rings (SSSR count). The molecular weight excluding hydrogens is 218 g/mol. The van der Waals surface area contributed by atoms with E-state index >= 15 is 0 Å². The predicted octanol–water partition coefficient (Wildman–Crippen LogP) is 2.58. The minimum atomic E-state index is -0.555. The van der Waals surface area contributed by atoms with E-state index in [4.69, 9.17) is 14.7 Å². The Balaban J connectivity index is 3.09. The van der Waals surface area contributed by atoms with Gasteiger partial charge in [-0.3, -0.25) is 4.79 Å². The van der Waals surface area contributed by atoms with Crippen molar-refractivity contribution >= 4 is 5.78 Å². The predicted molar refractivity (Wildman–Crippen MR) is 63.3 cm³/mol. The molecule has 17 heavy (non-hydrogen) atoms. The summed E-state index contributed by atoms with van der Waals surface area (Å²) in [5.41, 5.74) is 0.458. The van der Waals surface area contributed by atoms with Gasteiger partial charge in [0, 0.05) is 6.07 Å². The van der Waals surface area contributed by atoms with Crippen LogP contribution in [0.5, 0.6) is 11.5 Å². The number of hydrogen-bond donors (Lipinski definition) is 0. The number of nitrogens with zero attached hydrogens (tertiary/aromatic N) is 1. The Labute approximate surface area is 101 Å². The smallest absolute Gasteiger partial charge is 0.184 e. The van der Waals surface area contributed by atoms with Crippen LogP contribution in [0.15, 0.2) is 18.2 Å². The molecule has 4 nitrogen and oxygen atoms in total. The van der Waals surface area contributed by atoms with Gasteiger partial charge in [0.15, 0.2) is 11.9 Å². The van der Waals surface area contributed by atoms with Gasteiger partial charge in [0.05, 0.1) is 12.7 Å². The van der Waals surface area contributed by atoms with Crippen molar-refractivity contribution < 1.29 is 14.3 Å². The molecule has 0 saturated heterocycles. The fourth-order valence-corrected chi connectivity index (χ4v) is 1.37. The maximum Gasteiger partial charge on any atom is 0.184 e. The van der Waals surface area contributed by atoms with Gasteiger partial charge in [-0.1, -0.05) is 6.92 Å². The van der Waals surface area contributed by atoms with E-state index in [1.54, 1.807) is 18.2 Å². The summed E-state index contributed by atoms with van der Waals surface area (Å²) >= 11 is 0. The van der Waals surface area contributed by atoms with E-state index < -0.39 is 6.10 Å². The van der Waals surface area contributed by atoms with E-state index in [1.165, 1.54) is 14.0 Å². The zero-order valence-electron chi connectivity index (χ0n) is 10.2. The zero-order chi connectivity index (χ0) is 12.8. The Bertz CT molecular complexity index is 448. The molecule has 0 N–H and O–H groups in total. The molecule has 0 aliphatic heterocycles. The second-order valence-electron chi connectivity index (χ2n) is 3.56. The lowest BCUT2D eigenvalue weighted by molar-refractivity contribution is 0.101. The molecule has 0 fully saturated rings. The van der Waals surface area contributed by atoms with Crippen molar-refractivity contribution in [2.75, 3.05) is 7.11 Å². The molecule has 4 heteroatoms. The number of nitriles is 1. The van der Waals surface area contributed by atoms with E-state index in [0.29, 0.717) is 23.5 Å². The lowest BCUT2D eigenvalue weighted by Gasteiger charge is -2.14. The molecule has 0 amide bonds. The molecule has 90 valence electrons. The van der Waals surface area contributed by atoms with Gasteiger partial charge in [0.1, 0.15) is 17.6 Å². The minimum Gasteiger partial charge on any atom is -0.497 e. The molecule has 1 aromatic carbocycles. The Morgan fingerprint density at radius 1 is 1.53 bits per heavy atom. The third-order valence-corrected chi connectivity index (χ3v) is 2.35. The van der Waals surface area contributed by atoms with Gasteiger partial charge in [-0.15, -0.1) is 0 Å². The molecule has 0 heterocycles. The zero-order valence-corrected chi connectivity index (χ0v) is 10.2. The monoisotopic (exact) mass is 233 g/mol. The molecule has 0 aromatic heterocycles. The number of Topliss-reactive ketones (excluding diaryl/α,β-unsaturated/α-hetero) is 1. The maximum absolute atomic E-state index is 11.4. The Kier molecular flexibility index (Phi) is 4.53. The Hall–Kier alpha value is -2.02. The summed E-state index contributed by atoms with van der Waals surface area (Å²) in [4.78, 5) is 11.4. The van der Waals surface area contributed by atoms with Crippen molar-refractivity contribution in [3.8, 4) is 17.6 Å². The first-order valence-corrected chi connectivity index (χ1v) is 5.37. The van der Waals surface area contributed by atoms with Gasteiger partial charge < -0.3 is 9.47 Å². The first-order chi connectivity index (χ1) is 8.12. The highest BCUT2D eigenvalue weighted by molar-refractivity contribution is 5.97. The van der Waals surface area contributed by atoms with Gasteiger partial charge in [-0.05, 0) is 25.5 Å². The first kappa shape index (κ1) is 13.0. The molecule has 0 bridgehead atoms. The SMILES string of the molecule is CCC(C#N)Oc1cc(OC)ccc1C(C)=O. The van der Waals surface area contributed by atoms with Crippen LogP contribution >= 0.6 is 0 Å². The van der Waals surface area contributed by atoms with Crippen molar-refractivity contribution in [1.29, 1.82) is 5.26 Å². The number of carbonyl (C=O) groups is 1. The molecule has 1 atom stereocenters. The van der Waals surface area contributed by atoms with Crippen molar-refractivity contribution in [3.63, 3.8) is 0 Å². The number of benzene rings is 1. The van der Waals surface area contributed by atoms with E-state index in [9.17, 15) is 4.79 Å². The fraction of sp³-hybridized carbons (Fsp3) is 0.385. The first-order valence-electron chi connectivity index (χ1n) is 5.37. The summed E-state index contributed by atoms with van der Waals surface area (Å²) in [7, 11) is 1.54. The highest BCUT2D eigenvalue weighted by Crippen LogP contribution is 2.26. The maximum atomic E-state index is 11.4. The summed E-state index contributed by atoms with van der Waals surface area (Å²) in [6.07, 6.45) is 0.00521. The summed E-state index contributed by atoms with van der Waals surface area (Å²) in [6, 6.07) is 6.98. The molecule has 0 spiro atoms. The van der Waals surface area contributed by atoms with Gasteiger partial charge >= 0.3 is 0 Å². The molecule has 0 saturated carbocycles. The van der Waals surface area contributed by atoms with Crippen LogP contribution < -0.4 is 9.47 Å². The average molecular weight is 233 g/mol. The molecule has 1 aromatic rings. The van der Waals surface area contributed by atoms with Crippen LogP contribution in [0.3, 0.4) is 0 Å². The standard InChI is InChI=1S/C13H15NO3/c1-4-10(8-14)17-13-7-11(16-3)5-6-12(13)9(2)15/h5-7,10H,4H2,1-3H3. The Morgan fingerprint density at radius 2 is 2.24 bits per heavy atom. The second-order valence-corrected chi connectivity index (χ2v) is 3.56. The summed E-state index contributed by atoms with van der Waals surface area (Å²) in [5, 5.41) is 8.85. The number of carbonyl (C=O) groups excluding carboxylic acids is 1. The number of ketones is 1. The van der Waals surface area contributed by atoms with Crippen molar-refractivity contribution in [1.82, 2.24) is 0 Å². The van der Waals surface area contributed by atoms with Gasteiger partial charge in [0.2, 0.25) is 0 Å². The lowest BCUT2D eigenvalue weighted by Crippen LogP contribution is -2.14. The van der Waals surface area contributed by atoms with Gasteiger partial charge in [-0.25, -0.2) is 0 Å². The van der Waals surface area contributed by atoms with Gasteiger partial charge in [0.25, 0.3) is 0 Å². The van der Waals surface area contributed by atoms with Crippen LogP contribution in [0.1, 0.15) is 30.6 Å². The van der Waals surface area contributed by atoms with Crippen LogP contribution in [0.25, 0.3) is 0 Å².